The molecule has 2 aromatic carbocycles. The first-order valence-corrected chi connectivity index (χ1v) is 13.0. The van der Waals surface area contributed by atoms with E-state index in [1.165, 1.54) is 19.3 Å². The van der Waals surface area contributed by atoms with Crippen molar-refractivity contribution >= 4 is 5.97 Å². The summed E-state index contributed by atoms with van der Waals surface area (Å²) in [6, 6.07) is 19.1. The van der Waals surface area contributed by atoms with Crippen LogP contribution in [0.15, 0.2) is 72.8 Å². The summed E-state index contributed by atoms with van der Waals surface area (Å²) >= 11 is 0. The monoisotopic (exact) mass is 474 g/mol. The van der Waals surface area contributed by atoms with Gasteiger partial charge in [-0.25, -0.2) is 4.79 Å². The molecule has 7 rings (SSSR count). The van der Waals surface area contributed by atoms with E-state index in [0.29, 0.717) is 12.2 Å². The van der Waals surface area contributed by atoms with Gasteiger partial charge >= 0.3 is 5.97 Å². The summed E-state index contributed by atoms with van der Waals surface area (Å²) < 4.78 is 25.0. The van der Waals surface area contributed by atoms with Gasteiger partial charge in [0.05, 0.1) is 17.8 Å². The van der Waals surface area contributed by atoms with Crippen molar-refractivity contribution in [3.05, 3.63) is 83.9 Å². The second-order valence-corrected chi connectivity index (χ2v) is 10.9. The predicted octanol–water partition coefficient (Wildman–Crippen LogP) is 5.70. The highest BCUT2D eigenvalue weighted by molar-refractivity contribution is 5.89. The molecule has 5 nitrogen and oxygen atoms in total. The third kappa shape index (κ3) is 5.23. The fraction of sp³-hybridized carbons (Fsp3) is 0.500. The van der Waals surface area contributed by atoms with Crippen molar-refractivity contribution in [2.24, 2.45) is 17.8 Å². The van der Waals surface area contributed by atoms with Crippen LogP contribution < -0.4 is 0 Å². The Labute approximate surface area is 207 Å². The van der Waals surface area contributed by atoms with Crippen LogP contribution in [0.2, 0.25) is 0 Å². The van der Waals surface area contributed by atoms with E-state index in [-0.39, 0.29) is 24.3 Å². The number of rotatable bonds is 8. The second kappa shape index (κ2) is 9.88. The van der Waals surface area contributed by atoms with Gasteiger partial charge in [-0.05, 0) is 80.1 Å². The zero-order valence-electron chi connectivity index (χ0n) is 20.1. The van der Waals surface area contributed by atoms with Crippen LogP contribution in [0.3, 0.4) is 0 Å². The van der Waals surface area contributed by atoms with Crippen molar-refractivity contribution in [2.45, 2.75) is 69.2 Å². The van der Waals surface area contributed by atoms with E-state index < -0.39 is 12.4 Å². The molecule has 184 valence electrons. The van der Waals surface area contributed by atoms with Crippen LogP contribution in [0.5, 0.6) is 0 Å². The van der Waals surface area contributed by atoms with Crippen molar-refractivity contribution in [3.8, 4) is 0 Å². The molecule has 3 atom stereocenters. The van der Waals surface area contributed by atoms with Gasteiger partial charge in [0.25, 0.3) is 0 Å². The number of hydrogen-bond donors (Lipinski definition) is 0. The molecule has 0 unspecified atom stereocenters. The van der Waals surface area contributed by atoms with Crippen LogP contribution >= 0.6 is 0 Å². The normalized spacial score (nSPS) is 35.2. The lowest BCUT2D eigenvalue weighted by Crippen LogP contribution is -2.54. The van der Waals surface area contributed by atoms with E-state index >= 15 is 0 Å². The lowest BCUT2D eigenvalue weighted by molar-refractivity contribution is -0.265. The average molecular weight is 475 g/mol. The van der Waals surface area contributed by atoms with Gasteiger partial charge in [-0.3, -0.25) is 0 Å². The largest absolute Gasteiger partial charge is 0.459 e. The summed E-state index contributed by atoms with van der Waals surface area (Å²) in [7, 11) is 0. The van der Waals surface area contributed by atoms with Gasteiger partial charge in [-0.1, -0.05) is 54.6 Å². The third-order valence-corrected chi connectivity index (χ3v) is 8.15. The van der Waals surface area contributed by atoms with E-state index in [1.54, 1.807) is 12.1 Å². The highest BCUT2D eigenvalue weighted by Gasteiger charge is 2.53. The lowest BCUT2D eigenvalue weighted by atomic mass is 9.54. The highest BCUT2D eigenvalue weighted by atomic mass is 16.7. The first-order chi connectivity index (χ1) is 17.1. The molecule has 1 heterocycles. The quantitative estimate of drug-likeness (QED) is 0.363. The molecule has 4 fully saturated rings. The van der Waals surface area contributed by atoms with E-state index in [0.717, 1.165) is 42.6 Å². The van der Waals surface area contributed by atoms with Crippen LogP contribution in [0.1, 0.15) is 54.4 Å². The molecule has 0 saturated heterocycles. The molecule has 0 N–H and O–H groups in total. The minimum Gasteiger partial charge on any atom is -0.459 e. The second-order valence-electron chi connectivity index (χ2n) is 10.9. The molecule has 2 aromatic rings. The van der Waals surface area contributed by atoms with Crippen LogP contribution in [0.4, 0.5) is 0 Å². The Balaban J connectivity index is 1.13. The van der Waals surface area contributed by atoms with Crippen molar-refractivity contribution in [3.63, 3.8) is 0 Å². The summed E-state index contributed by atoms with van der Waals surface area (Å²) in [6.45, 7) is 0.571. The van der Waals surface area contributed by atoms with Crippen LogP contribution in [0, 0.1) is 17.8 Å². The summed E-state index contributed by atoms with van der Waals surface area (Å²) in [5.41, 5.74) is 1.56. The van der Waals surface area contributed by atoms with Gasteiger partial charge in [-0.2, -0.15) is 0 Å². The standard InChI is InChI=1S/C30H34O5/c31-29(25-9-5-2-6-10-25)33-20-27-26(32-19-21-7-3-1-4-8-21)11-12-28(34-27)35-30-16-22-13-23(17-30)15-24(14-22)18-30/h1-12,22-24,26-28H,13-20H2/t22?,23?,24?,26-,27+,28+,30?/m0/s1. The Kier molecular flexibility index (Phi) is 6.48. The van der Waals surface area contributed by atoms with Crippen molar-refractivity contribution in [1.82, 2.24) is 0 Å². The molecule has 4 bridgehead atoms. The van der Waals surface area contributed by atoms with Gasteiger partial charge in [-0.15, -0.1) is 0 Å². The molecule has 4 aliphatic carbocycles. The maximum absolute atomic E-state index is 12.6. The Bertz CT molecular complexity index is 998. The smallest absolute Gasteiger partial charge is 0.338 e. The van der Waals surface area contributed by atoms with Gasteiger partial charge < -0.3 is 18.9 Å². The van der Waals surface area contributed by atoms with Crippen LogP contribution in [0.25, 0.3) is 0 Å². The molecular weight excluding hydrogens is 440 g/mol. The first kappa shape index (κ1) is 23.0. The molecule has 1 aliphatic heterocycles. The maximum atomic E-state index is 12.6. The molecule has 0 spiro atoms. The van der Waals surface area contributed by atoms with Gasteiger partial charge in [0.2, 0.25) is 0 Å². The molecule has 4 saturated carbocycles. The molecule has 0 aromatic heterocycles. The van der Waals surface area contributed by atoms with E-state index in [1.807, 2.05) is 60.7 Å². The minimum absolute atomic E-state index is 0.0627. The number of carbonyl (C=O) groups excluding carboxylic acids is 1. The Hall–Kier alpha value is -2.47. The maximum Gasteiger partial charge on any atom is 0.338 e. The summed E-state index contributed by atoms with van der Waals surface area (Å²) in [5, 5.41) is 0. The predicted molar refractivity (Wildman–Crippen MR) is 132 cm³/mol. The number of esters is 1. The van der Waals surface area contributed by atoms with Crippen molar-refractivity contribution in [1.29, 1.82) is 0 Å². The third-order valence-electron chi connectivity index (χ3n) is 8.15. The zero-order valence-corrected chi connectivity index (χ0v) is 20.1. The van der Waals surface area contributed by atoms with Crippen molar-refractivity contribution in [2.75, 3.05) is 6.61 Å². The summed E-state index contributed by atoms with van der Waals surface area (Å²) in [6.07, 6.45) is 10.4. The minimum atomic E-state index is -0.441. The number of carbonyl (C=O) groups is 1. The summed E-state index contributed by atoms with van der Waals surface area (Å²) in [5.74, 6) is 2.05. The average Bonchev–Trinajstić information content (AvgIpc) is 2.87. The Morgan fingerprint density at radius 1 is 0.857 bits per heavy atom. The molecular formula is C30H34O5. The Morgan fingerprint density at radius 2 is 1.49 bits per heavy atom. The van der Waals surface area contributed by atoms with Crippen LogP contribution in [-0.4, -0.2) is 36.7 Å². The topological polar surface area (TPSA) is 54.0 Å². The van der Waals surface area contributed by atoms with E-state index in [2.05, 4.69) is 0 Å². The van der Waals surface area contributed by atoms with Crippen molar-refractivity contribution < 1.29 is 23.7 Å². The van der Waals surface area contributed by atoms with Crippen LogP contribution in [-0.2, 0) is 25.6 Å². The van der Waals surface area contributed by atoms with Gasteiger partial charge in [0, 0.05) is 0 Å². The fourth-order valence-corrected chi connectivity index (χ4v) is 6.99. The van der Waals surface area contributed by atoms with E-state index in [4.69, 9.17) is 18.9 Å². The number of hydrogen-bond acceptors (Lipinski definition) is 5. The number of ether oxygens (including phenoxy) is 4. The lowest BCUT2D eigenvalue weighted by Gasteiger charge is -2.57. The first-order valence-electron chi connectivity index (χ1n) is 13.0. The van der Waals surface area contributed by atoms with E-state index in [9.17, 15) is 4.79 Å². The highest BCUT2D eigenvalue weighted by Crippen LogP contribution is 2.57. The summed E-state index contributed by atoms with van der Waals surface area (Å²) in [4.78, 5) is 12.6. The SMILES string of the molecule is O=C(OC[C@H]1O[C@H](OC23CC4CC(CC(C4)C2)C3)C=C[C@@H]1OCc1ccccc1)c1ccccc1. The molecule has 0 amide bonds. The zero-order chi connectivity index (χ0) is 23.7. The van der Waals surface area contributed by atoms with Gasteiger partial charge in [0.1, 0.15) is 18.8 Å². The fourth-order valence-electron chi connectivity index (χ4n) is 6.99. The molecule has 5 heteroatoms. The Morgan fingerprint density at radius 3 is 2.14 bits per heavy atom. The molecule has 0 radical (unpaired) electrons. The molecule has 5 aliphatic rings. The van der Waals surface area contributed by atoms with Gasteiger partial charge in [0.15, 0.2) is 6.29 Å². The number of benzene rings is 2. The molecule has 35 heavy (non-hydrogen) atoms.